The lowest BCUT2D eigenvalue weighted by Crippen LogP contribution is -2.24. The molecule has 1 aromatic heterocycles. The predicted molar refractivity (Wildman–Crippen MR) is 118 cm³/mol. The number of carbonyl (C=O) groups excluding carboxylic acids is 1. The molecule has 0 bridgehead atoms. The van der Waals surface area contributed by atoms with Crippen LogP contribution in [0.3, 0.4) is 0 Å². The van der Waals surface area contributed by atoms with Gasteiger partial charge < -0.3 is 4.57 Å². The van der Waals surface area contributed by atoms with Crippen LogP contribution in [0, 0.1) is 6.92 Å². The van der Waals surface area contributed by atoms with Crippen molar-refractivity contribution in [2.75, 3.05) is 0 Å². The minimum atomic E-state index is -0.252. The van der Waals surface area contributed by atoms with Crippen LogP contribution in [0.25, 0.3) is 11.3 Å². The van der Waals surface area contributed by atoms with Gasteiger partial charge in [-0.2, -0.15) is 0 Å². The fraction of sp³-hybridized carbons (Fsp3) is 0.100. The number of benzene rings is 2. The van der Waals surface area contributed by atoms with Crippen LogP contribution in [0.2, 0.25) is 0 Å². The third kappa shape index (κ3) is 4.66. The topological polar surface area (TPSA) is 46.4 Å². The van der Waals surface area contributed by atoms with Crippen LogP contribution in [0.5, 0.6) is 0 Å². The molecule has 1 N–H and O–H groups in total. The number of hydrogen-bond acceptors (Lipinski definition) is 3. The lowest BCUT2D eigenvalue weighted by molar-refractivity contribution is 0.0953. The van der Waals surface area contributed by atoms with Crippen molar-refractivity contribution < 1.29 is 4.79 Å². The number of hydrogen-bond donors (Lipinski definition) is 1. The average Bonchev–Trinajstić information content (AvgIpc) is 2.96. The molecule has 0 aliphatic heterocycles. The number of halogens is 2. The summed E-state index contributed by atoms with van der Waals surface area (Å²) in [6, 6.07) is 15.3. The Balaban J connectivity index is 1.99. The van der Waals surface area contributed by atoms with Crippen molar-refractivity contribution in [3.8, 4) is 11.3 Å². The van der Waals surface area contributed by atoms with Gasteiger partial charge in [0.15, 0.2) is 0 Å². The molecule has 138 valence electrons. The summed E-state index contributed by atoms with van der Waals surface area (Å²) in [4.78, 5) is 14.2. The lowest BCUT2D eigenvalue weighted by atomic mass is 10.1. The molecule has 0 radical (unpaired) electrons. The summed E-state index contributed by atoms with van der Waals surface area (Å²) in [5.74, 6) is -0.252. The van der Waals surface area contributed by atoms with E-state index in [1.165, 1.54) is 11.3 Å². The van der Waals surface area contributed by atoms with Crippen LogP contribution in [0.15, 0.2) is 75.2 Å². The highest BCUT2D eigenvalue weighted by molar-refractivity contribution is 9.10. The van der Waals surface area contributed by atoms with Gasteiger partial charge in [0.1, 0.15) is 0 Å². The van der Waals surface area contributed by atoms with E-state index in [9.17, 15) is 4.79 Å². The molecule has 0 aliphatic carbocycles. The molecule has 0 unspecified atom stereocenters. The molecule has 0 spiro atoms. The van der Waals surface area contributed by atoms with Crippen LogP contribution >= 0.6 is 43.2 Å². The average molecular weight is 507 g/mol. The molecule has 0 fully saturated rings. The first-order valence-electron chi connectivity index (χ1n) is 8.16. The summed E-state index contributed by atoms with van der Waals surface area (Å²) >= 11 is 8.38. The standard InChI is InChI=1S/C20H17Br2N3OS/c1-3-11-25-18(14-7-9-16(21)10-8-14)13(2)27-20(25)24-23-19(26)15-5-4-6-17(22)12-15/h3-10,12H,1,11H2,2H3,(H,23,26)/b24-20+. The van der Waals surface area contributed by atoms with E-state index >= 15 is 0 Å². The Labute approximate surface area is 178 Å². The number of thiazole rings is 1. The minimum absolute atomic E-state index is 0.252. The Bertz CT molecular complexity index is 1050. The number of aryl methyl sites for hydroxylation is 1. The first kappa shape index (κ1) is 19.8. The SMILES string of the molecule is C=CCn1c(-c2ccc(Br)cc2)c(C)s/c1=N/NC(=O)c1cccc(Br)c1. The molecule has 27 heavy (non-hydrogen) atoms. The number of rotatable bonds is 5. The number of allylic oxidation sites excluding steroid dienone is 1. The van der Waals surface area contributed by atoms with Crippen molar-refractivity contribution in [3.63, 3.8) is 0 Å². The molecule has 2 aromatic carbocycles. The Hall–Kier alpha value is -1.96. The second-order valence-electron chi connectivity index (χ2n) is 5.76. The van der Waals surface area contributed by atoms with Crippen LogP contribution in [0.4, 0.5) is 0 Å². The lowest BCUT2D eigenvalue weighted by Gasteiger charge is -2.08. The molecule has 1 heterocycles. The number of nitrogens with zero attached hydrogens (tertiary/aromatic N) is 2. The largest absolute Gasteiger partial charge is 0.311 e. The predicted octanol–water partition coefficient (Wildman–Crippen LogP) is 5.48. The Morgan fingerprint density at radius 2 is 1.96 bits per heavy atom. The normalized spacial score (nSPS) is 11.4. The summed E-state index contributed by atoms with van der Waals surface area (Å²) < 4.78 is 3.93. The van der Waals surface area contributed by atoms with Crippen molar-refractivity contribution in [2.24, 2.45) is 5.10 Å². The quantitative estimate of drug-likeness (QED) is 0.361. The highest BCUT2D eigenvalue weighted by Crippen LogP contribution is 2.26. The van der Waals surface area contributed by atoms with E-state index in [-0.39, 0.29) is 5.91 Å². The number of amides is 1. The second kappa shape index (κ2) is 8.82. The first-order valence-corrected chi connectivity index (χ1v) is 10.6. The summed E-state index contributed by atoms with van der Waals surface area (Å²) in [6.45, 7) is 6.50. The molecule has 0 saturated heterocycles. The van der Waals surface area contributed by atoms with Crippen molar-refractivity contribution in [1.82, 2.24) is 9.99 Å². The van der Waals surface area contributed by atoms with Gasteiger partial charge >= 0.3 is 0 Å². The van der Waals surface area contributed by atoms with Crippen molar-refractivity contribution in [2.45, 2.75) is 13.5 Å². The zero-order valence-electron chi connectivity index (χ0n) is 14.6. The smallest absolute Gasteiger partial charge is 0.271 e. The molecule has 7 heteroatoms. The van der Waals surface area contributed by atoms with Gasteiger partial charge in [-0.3, -0.25) is 4.79 Å². The van der Waals surface area contributed by atoms with Gasteiger partial charge in [0.2, 0.25) is 4.80 Å². The van der Waals surface area contributed by atoms with E-state index in [4.69, 9.17) is 0 Å². The van der Waals surface area contributed by atoms with Gasteiger partial charge in [-0.25, -0.2) is 5.43 Å². The highest BCUT2D eigenvalue weighted by atomic mass is 79.9. The molecule has 3 aromatic rings. The van der Waals surface area contributed by atoms with Crippen molar-refractivity contribution in [3.05, 3.63) is 85.4 Å². The third-order valence-corrected chi connectivity index (χ3v) is 5.86. The molecule has 3 rings (SSSR count). The maximum atomic E-state index is 12.4. The van der Waals surface area contributed by atoms with E-state index in [0.29, 0.717) is 16.9 Å². The maximum Gasteiger partial charge on any atom is 0.271 e. The molecular formula is C20H17Br2N3OS. The van der Waals surface area contributed by atoms with E-state index in [0.717, 1.165) is 25.1 Å². The fourth-order valence-electron chi connectivity index (χ4n) is 2.67. The molecule has 1 amide bonds. The van der Waals surface area contributed by atoms with Gasteiger partial charge in [0, 0.05) is 25.9 Å². The molecule has 0 aliphatic rings. The monoisotopic (exact) mass is 505 g/mol. The zero-order chi connectivity index (χ0) is 19.4. The third-order valence-electron chi connectivity index (χ3n) is 3.85. The number of aromatic nitrogens is 1. The van der Waals surface area contributed by atoms with Gasteiger partial charge in [0.05, 0.1) is 5.69 Å². The van der Waals surface area contributed by atoms with Crippen molar-refractivity contribution in [1.29, 1.82) is 0 Å². The van der Waals surface area contributed by atoms with E-state index in [1.807, 2.05) is 30.3 Å². The molecule has 0 atom stereocenters. The second-order valence-corrected chi connectivity index (χ2v) is 8.77. The van der Waals surface area contributed by atoms with E-state index in [1.54, 1.807) is 12.1 Å². The van der Waals surface area contributed by atoms with E-state index < -0.39 is 0 Å². The maximum absolute atomic E-state index is 12.4. The highest BCUT2D eigenvalue weighted by Gasteiger charge is 2.13. The molecule has 0 saturated carbocycles. The Kier molecular flexibility index (Phi) is 6.46. The minimum Gasteiger partial charge on any atom is -0.311 e. The van der Waals surface area contributed by atoms with Crippen LogP contribution in [-0.4, -0.2) is 10.5 Å². The summed E-state index contributed by atoms with van der Waals surface area (Å²) in [5, 5.41) is 4.36. The van der Waals surface area contributed by atoms with Gasteiger partial charge in [-0.15, -0.1) is 11.7 Å². The van der Waals surface area contributed by atoms with Crippen LogP contribution in [-0.2, 0) is 6.54 Å². The molecular weight excluding hydrogens is 490 g/mol. The van der Waals surface area contributed by atoms with Crippen LogP contribution in [0.1, 0.15) is 15.2 Å². The molecule has 4 nitrogen and oxygen atoms in total. The fourth-order valence-corrected chi connectivity index (χ4v) is 4.30. The van der Waals surface area contributed by atoms with Crippen molar-refractivity contribution >= 4 is 49.1 Å². The number of carbonyl (C=O) groups is 1. The summed E-state index contributed by atoms with van der Waals surface area (Å²) in [6.07, 6.45) is 1.82. The van der Waals surface area contributed by atoms with Gasteiger partial charge in [-0.1, -0.05) is 67.5 Å². The van der Waals surface area contributed by atoms with Gasteiger partial charge in [-0.05, 0) is 42.8 Å². The van der Waals surface area contributed by atoms with Gasteiger partial charge in [0.25, 0.3) is 5.91 Å². The van der Waals surface area contributed by atoms with Crippen LogP contribution < -0.4 is 10.2 Å². The number of nitrogens with one attached hydrogen (secondary N) is 1. The first-order chi connectivity index (χ1) is 13.0. The zero-order valence-corrected chi connectivity index (χ0v) is 18.6. The Morgan fingerprint density at radius 3 is 2.63 bits per heavy atom. The van der Waals surface area contributed by atoms with E-state index in [2.05, 4.69) is 72.6 Å². The summed E-state index contributed by atoms with van der Waals surface area (Å²) in [7, 11) is 0. The summed E-state index contributed by atoms with van der Waals surface area (Å²) in [5.41, 5.74) is 5.36. The Morgan fingerprint density at radius 1 is 1.22 bits per heavy atom.